The van der Waals surface area contributed by atoms with Gasteiger partial charge in [-0.2, -0.15) is 0 Å². The molecule has 0 bridgehead atoms. The molecule has 1 aromatic carbocycles. The molecule has 2 aliphatic rings. The molecule has 0 spiro atoms. The van der Waals surface area contributed by atoms with Crippen LogP contribution < -0.4 is 5.73 Å². The molecular formula is C16H18BClN5O5PS. The van der Waals surface area contributed by atoms with E-state index in [4.69, 9.17) is 31.1 Å². The van der Waals surface area contributed by atoms with Crippen LogP contribution in [0.3, 0.4) is 0 Å². The molecule has 2 aliphatic heterocycles. The van der Waals surface area contributed by atoms with E-state index < -0.39 is 32.4 Å². The van der Waals surface area contributed by atoms with E-state index >= 15 is 0 Å². The summed E-state index contributed by atoms with van der Waals surface area (Å²) in [5.41, 5.74) is 6.83. The number of rotatable bonds is 3. The third kappa shape index (κ3) is 3.57. The molecule has 1 unspecified atom stereocenters. The zero-order valence-electron chi connectivity index (χ0n) is 15.7. The van der Waals surface area contributed by atoms with E-state index in [9.17, 15) is 10.00 Å². The Hall–Kier alpha value is -1.50. The second kappa shape index (κ2) is 7.58. The van der Waals surface area contributed by atoms with Gasteiger partial charge < -0.3 is 0 Å². The van der Waals surface area contributed by atoms with Gasteiger partial charge in [-0.1, -0.05) is 0 Å². The predicted molar refractivity (Wildman–Crippen MR) is 115 cm³/mol. The van der Waals surface area contributed by atoms with Gasteiger partial charge in [-0.3, -0.25) is 0 Å². The zero-order chi connectivity index (χ0) is 21.0. The van der Waals surface area contributed by atoms with Crippen molar-refractivity contribution < 1.29 is 23.8 Å². The number of imidazole rings is 1. The Bertz CT molecular complexity index is 1110. The third-order valence-electron chi connectivity index (χ3n) is 4.93. The van der Waals surface area contributed by atoms with Gasteiger partial charge in [-0.05, 0) is 0 Å². The summed E-state index contributed by atoms with van der Waals surface area (Å²) in [6.07, 6.45) is -1.87. The summed E-state index contributed by atoms with van der Waals surface area (Å²) in [5.74, 6) is 0.219. The van der Waals surface area contributed by atoms with Crippen LogP contribution in [0.1, 0.15) is 6.23 Å². The van der Waals surface area contributed by atoms with E-state index in [1.807, 2.05) is 12.1 Å². The fourth-order valence-electron chi connectivity index (χ4n) is 3.55. The van der Waals surface area contributed by atoms with Gasteiger partial charge in [0.2, 0.25) is 0 Å². The first kappa shape index (κ1) is 20.4. The van der Waals surface area contributed by atoms with Crippen LogP contribution in [0, 0.1) is 0 Å². The number of fused-ring (bicyclic) bond motifs is 2. The number of aliphatic hydroxyl groups excluding tert-OH is 1. The predicted octanol–water partition coefficient (Wildman–Crippen LogP) is 0.922. The number of aromatic nitrogens is 4. The van der Waals surface area contributed by atoms with Gasteiger partial charge in [-0.15, -0.1) is 0 Å². The van der Waals surface area contributed by atoms with Gasteiger partial charge >= 0.3 is 182 Å². The first-order valence-electron chi connectivity index (χ1n) is 9.12. The van der Waals surface area contributed by atoms with Crippen LogP contribution in [0.5, 0.6) is 0 Å². The molecule has 10 nitrogen and oxygen atoms in total. The van der Waals surface area contributed by atoms with E-state index in [0.717, 1.165) is 4.90 Å². The van der Waals surface area contributed by atoms with Crippen molar-refractivity contribution in [3.63, 3.8) is 0 Å². The fourth-order valence-corrected chi connectivity index (χ4v) is 5.92. The molecule has 4 atom stereocenters. The van der Waals surface area contributed by atoms with Crippen molar-refractivity contribution >= 4 is 55.7 Å². The summed E-state index contributed by atoms with van der Waals surface area (Å²) >= 11 is 7.33. The Morgan fingerprint density at radius 3 is 2.83 bits per heavy atom. The van der Waals surface area contributed by atoms with Crippen molar-refractivity contribution in [3.8, 4) is 0 Å². The van der Waals surface area contributed by atoms with Gasteiger partial charge in [0.1, 0.15) is 0 Å². The first-order valence-corrected chi connectivity index (χ1v) is 12.6. The summed E-state index contributed by atoms with van der Waals surface area (Å²) in [5, 5.41) is 12.1. The van der Waals surface area contributed by atoms with Crippen LogP contribution in [0.25, 0.3) is 11.2 Å². The Morgan fingerprint density at radius 2 is 2.07 bits per heavy atom. The molecule has 4 N–H and O–H groups in total. The van der Waals surface area contributed by atoms with E-state index in [1.165, 1.54) is 25.7 Å². The molecular weight excluding hydrogens is 452 g/mol. The summed E-state index contributed by atoms with van der Waals surface area (Å²) in [4.78, 5) is 24.0. The molecule has 0 amide bonds. The maximum absolute atomic E-state index is 11.0. The Kier molecular flexibility index (Phi) is 5.15. The number of hydrogen-bond donors (Lipinski definition) is 3. The second-order valence-electron chi connectivity index (χ2n) is 7.10. The van der Waals surface area contributed by atoms with Gasteiger partial charge in [0, 0.05) is 0 Å². The summed E-state index contributed by atoms with van der Waals surface area (Å²) < 4.78 is 18.7. The summed E-state index contributed by atoms with van der Waals surface area (Å²) in [6.45, 7) is 0.126. The number of aliphatic hydroxyl groups is 1. The maximum atomic E-state index is 11.0. The molecule has 14 heteroatoms. The standard InChI is InChI=1S/C16H18BClN5O5PS/c17-29(25)26-5-9-12(28-29)11(24)15(27-9)23-14-10(13(19)20-6-21-14)22-16(23)30-8-3-1-7(18)2-4-8/h1-4,6,9,11-12,15,24-25,29H,5,17H2,(H2,19,20,21)/t9-,11+,12?,15-/m1/s1. The van der Waals surface area contributed by atoms with E-state index in [-0.39, 0.29) is 12.4 Å². The van der Waals surface area contributed by atoms with Gasteiger partial charge in [0.15, 0.2) is 0 Å². The average Bonchev–Trinajstić information content (AvgIpc) is 3.21. The Balaban J connectivity index is 1.57. The first-order chi connectivity index (χ1) is 14.3. The second-order valence-corrected chi connectivity index (χ2v) is 10.9. The number of hydrogen-bond acceptors (Lipinski definition) is 10. The van der Waals surface area contributed by atoms with Crippen LogP contribution in [0.15, 0.2) is 40.6 Å². The van der Waals surface area contributed by atoms with Crippen LogP contribution in [0.4, 0.5) is 5.82 Å². The number of nitrogens with two attached hydrogens (primary N) is 1. The number of anilines is 1. The van der Waals surface area contributed by atoms with E-state index in [0.29, 0.717) is 21.3 Å². The molecule has 5 rings (SSSR count). The number of nitrogens with zero attached hydrogens (tertiary/aromatic N) is 4. The SMILES string of the molecule is B[PH]1(O)OC[C@H]2O[C@@H](n3c(Sc4ccc(Cl)cc4)nc4c(N)ncnc43)[C@@H](O)C2O1. The van der Waals surface area contributed by atoms with Crippen molar-refractivity contribution in [2.45, 2.75) is 34.6 Å². The quantitative estimate of drug-likeness (QED) is 0.375. The van der Waals surface area contributed by atoms with Gasteiger partial charge in [0.05, 0.1) is 0 Å². The molecule has 158 valence electrons. The van der Waals surface area contributed by atoms with Crippen LogP contribution in [-0.4, -0.2) is 62.0 Å². The zero-order valence-corrected chi connectivity index (χ0v) is 18.2. The molecule has 4 heterocycles. The molecule has 2 fully saturated rings. The molecule has 30 heavy (non-hydrogen) atoms. The fraction of sp³-hybridized carbons (Fsp3) is 0.312. The number of nitrogen functional groups attached to an aromatic ring is 1. The molecule has 0 aliphatic carbocycles. The molecule has 0 saturated carbocycles. The van der Waals surface area contributed by atoms with Crippen LogP contribution in [0.2, 0.25) is 5.02 Å². The van der Waals surface area contributed by atoms with Crippen molar-refractivity contribution in [3.05, 3.63) is 35.6 Å². The Labute approximate surface area is 181 Å². The monoisotopic (exact) mass is 469 g/mol. The van der Waals surface area contributed by atoms with E-state index in [1.54, 1.807) is 16.7 Å². The number of benzene rings is 1. The van der Waals surface area contributed by atoms with Crippen LogP contribution in [-0.2, 0) is 13.8 Å². The van der Waals surface area contributed by atoms with Gasteiger partial charge in [0.25, 0.3) is 0 Å². The van der Waals surface area contributed by atoms with Gasteiger partial charge in [-0.25, -0.2) is 0 Å². The topological polar surface area (TPSA) is 138 Å². The molecule has 2 aromatic heterocycles. The average molecular weight is 470 g/mol. The minimum absolute atomic E-state index is 0.126. The third-order valence-corrected chi connectivity index (χ3v) is 7.57. The normalized spacial score (nSPS) is 29.0. The molecule has 3 aromatic rings. The minimum atomic E-state index is -3.30. The van der Waals surface area contributed by atoms with Crippen LogP contribution >= 0.6 is 31.2 Å². The van der Waals surface area contributed by atoms with Crippen molar-refractivity contribution in [1.29, 1.82) is 0 Å². The Morgan fingerprint density at radius 1 is 1.30 bits per heavy atom. The number of ether oxygens (including phenoxy) is 1. The summed E-state index contributed by atoms with van der Waals surface area (Å²) in [6, 6.07) is 7.27. The van der Waals surface area contributed by atoms with Crippen molar-refractivity contribution in [2.75, 3.05) is 12.3 Å². The van der Waals surface area contributed by atoms with Crippen molar-refractivity contribution in [2.24, 2.45) is 0 Å². The number of halogens is 1. The molecule has 0 radical (unpaired) electrons. The van der Waals surface area contributed by atoms with E-state index in [2.05, 4.69) is 15.0 Å². The van der Waals surface area contributed by atoms with Crippen molar-refractivity contribution in [1.82, 2.24) is 19.5 Å². The molecule has 2 saturated heterocycles. The summed E-state index contributed by atoms with van der Waals surface area (Å²) in [7, 11) is -1.80.